The molecule has 162 valence electrons. The zero-order chi connectivity index (χ0) is 22.1. The lowest BCUT2D eigenvalue weighted by atomic mass is 10.1. The van der Waals surface area contributed by atoms with E-state index in [1.807, 2.05) is 64.1 Å². The van der Waals surface area contributed by atoms with Gasteiger partial charge in [0.15, 0.2) is 0 Å². The summed E-state index contributed by atoms with van der Waals surface area (Å²) < 4.78 is 1.04. The summed E-state index contributed by atoms with van der Waals surface area (Å²) in [4.78, 5) is 27.7. The van der Waals surface area contributed by atoms with E-state index in [1.54, 1.807) is 16.7 Å². The molecule has 0 aliphatic heterocycles. The van der Waals surface area contributed by atoms with Crippen molar-refractivity contribution in [1.82, 2.24) is 10.2 Å². The fourth-order valence-electron chi connectivity index (χ4n) is 3.11. The first-order chi connectivity index (χ1) is 14.3. The van der Waals surface area contributed by atoms with Gasteiger partial charge in [-0.1, -0.05) is 64.8 Å². The van der Waals surface area contributed by atoms with Crippen LogP contribution in [0.25, 0.3) is 0 Å². The zero-order valence-electron chi connectivity index (χ0n) is 18.2. The number of nitrogens with one attached hydrogen (secondary N) is 1. The average molecular weight is 491 g/mol. The molecule has 1 atom stereocenters. The second-order valence-corrected chi connectivity index (χ2v) is 9.62. The first kappa shape index (κ1) is 24.5. The number of carbonyl (C=O) groups excluding carboxylic acids is 2. The lowest BCUT2D eigenvalue weighted by molar-refractivity contribution is -0.139. The largest absolute Gasteiger partial charge is 0.352 e. The van der Waals surface area contributed by atoms with E-state index in [4.69, 9.17) is 0 Å². The Labute approximate surface area is 192 Å². The molecule has 1 N–H and O–H groups in total. The van der Waals surface area contributed by atoms with E-state index >= 15 is 0 Å². The molecule has 0 aromatic heterocycles. The zero-order valence-corrected chi connectivity index (χ0v) is 20.6. The van der Waals surface area contributed by atoms with Crippen LogP contribution in [0.4, 0.5) is 0 Å². The van der Waals surface area contributed by atoms with Crippen LogP contribution in [-0.4, -0.2) is 34.6 Å². The maximum Gasteiger partial charge on any atom is 0.243 e. The minimum atomic E-state index is -0.477. The van der Waals surface area contributed by atoms with Gasteiger partial charge in [-0.25, -0.2) is 0 Å². The van der Waals surface area contributed by atoms with Crippen molar-refractivity contribution in [3.05, 3.63) is 69.7 Å². The van der Waals surface area contributed by atoms with Crippen molar-refractivity contribution in [1.29, 1.82) is 0 Å². The number of amides is 2. The number of rotatable bonds is 10. The van der Waals surface area contributed by atoms with Crippen molar-refractivity contribution in [2.75, 3.05) is 5.75 Å². The van der Waals surface area contributed by atoms with E-state index < -0.39 is 6.04 Å². The molecule has 0 saturated heterocycles. The smallest absolute Gasteiger partial charge is 0.243 e. The molecule has 2 amide bonds. The molecule has 0 heterocycles. The molecule has 0 bridgehead atoms. The van der Waals surface area contributed by atoms with Gasteiger partial charge in [-0.15, -0.1) is 11.8 Å². The number of aryl methyl sites for hydroxylation is 1. The summed E-state index contributed by atoms with van der Waals surface area (Å²) in [6.07, 6.45) is 0.577. The van der Waals surface area contributed by atoms with Crippen molar-refractivity contribution in [3.8, 4) is 0 Å². The molecule has 6 heteroatoms. The average Bonchev–Trinajstić information content (AvgIpc) is 2.70. The fourth-order valence-corrected chi connectivity index (χ4v) is 4.25. The first-order valence-electron chi connectivity index (χ1n) is 10.3. The van der Waals surface area contributed by atoms with Crippen LogP contribution in [0.3, 0.4) is 0 Å². The summed E-state index contributed by atoms with van der Waals surface area (Å²) >= 11 is 5.02. The third kappa shape index (κ3) is 7.80. The molecule has 0 saturated carbocycles. The Bertz CT molecular complexity index is 822. The molecular weight excluding hydrogens is 460 g/mol. The molecular formula is C24H31BrN2O2S. The van der Waals surface area contributed by atoms with Crippen molar-refractivity contribution < 1.29 is 9.59 Å². The predicted octanol–water partition coefficient (Wildman–Crippen LogP) is 5.32. The fraction of sp³-hybridized carbons (Fsp3) is 0.417. The molecule has 0 spiro atoms. The van der Waals surface area contributed by atoms with Crippen LogP contribution < -0.4 is 5.32 Å². The summed E-state index contributed by atoms with van der Waals surface area (Å²) in [6, 6.07) is 15.8. The van der Waals surface area contributed by atoms with Gasteiger partial charge in [0.1, 0.15) is 6.04 Å². The standard InChI is InChI=1S/C24H31BrN2O2S/c1-5-22(24(29)26-17(2)3)27(14-19-8-6-18(4)7-9-19)23(28)16-30-15-20-10-12-21(25)13-11-20/h6-13,17,22H,5,14-16H2,1-4H3,(H,26,29)/t22-/m1/s1. The van der Waals surface area contributed by atoms with E-state index in [0.717, 1.165) is 15.8 Å². The van der Waals surface area contributed by atoms with Crippen LogP contribution in [0.15, 0.2) is 53.0 Å². The summed E-state index contributed by atoms with van der Waals surface area (Å²) in [6.45, 7) is 8.29. The quantitative estimate of drug-likeness (QED) is 0.489. The van der Waals surface area contributed by atoms with Crippen LogP contribution in [0.5, 0.6) is 0 Å². The molecule has 0 aliphatic carbocycles. The second-order valence-electron chi connectivity index (χ2n) is 7.71. The molecule has 0 aliphatic rings. The van der Waals surface area contributed by atoms with Gasteiger partial charge in [0, 0.05) is 22.8 Å². The van der Waals surface area contributed by atoms with E-state index in [1.165, 1.54) is 11.1 Å². The number of halogens is 1. The number of hydrogen-bond donors (Lipinski definition) is 1. The number of hydrogen-bond acceptors (Lipinski definition) is 3. The third-order valence-corrected chi connectivity index (χ3v) is 6.22. The Morgan fingerprint density at radius 2 is 1.63 bits per heavy atom. The third-order valence-electron chi connectivity index (χ3n) is 4.70. The molecule has 2 aromatic carbocycles. The topological polar surface area (TPSA) is 49.4 Å². The van der Waals surface area contributed by atoms with Gasteiger partial charge in [-0.05, 0) is 50.5 Å². The van der Waals surface area contributed by atoms with Crippen LogP contribution in [0.1, 0.15) is 43.9 Å². The highest BCUT2D eigenvalue weighted by Crippen LogP contribution is 2.19. The number of thioether (sulfide) groups is 1. The van der Waals surface area contributed by atoms with Gasteiger partial charge in [-0.3, -0.25) is 9.59 Å². The van der Waals surface area contributed by atoms with Crippen LogP contribution in [-0.2, 0) is 21.9 Å². The van der Waals surface area contributed by atoms with Crippen LogP contribution in [0, 0.1) is 6.92 Å². The number of nitrogens with zero attached hydrogens (tertiary/aromatic N) is 1. The maximum absolute atomic E-state index is 13.2. The van der Waals surface area contributed by atoms with Crippen LogP contribution in [0.2, 0.25) is 0 Å². The highest BCUT2D eigenvalue weighted by atomic mass is 79.9. The Hall–Kier alpha value is -1.79. The molecule has 0 unspecified atom stereocenters. The molecule has 2 rings (SSSR count). The van der Waals surface area contributed by atoms with Gasteiger partial charge >= 0.3 is 0 Å². The highest BCUT2D eigenvalue weighted by Gasteiger charge is 2.28. The Morgan fingerprint density at radius 1 is 1.03 bits per heavy atom. The van der Waals surface area contributed by atoms with Gasteiger partial charge < -0.3 is 10.2 Å². The van der Waals surface area contributed by atoms with E-state index in [9.17, 15) is 9.59 Å². The van der Waals surface area contributed by atoms with Gasteiger partial charge in [0.25, 0.3) is 0 Å². The number of benzene rings is 2. The van der Waals surface area contributed by atoms with Crippen molar-refractivity contribution in [2.45, 2.75) is 58.5 Å². The lowest BCUT2D eigenvalue weighted by Crippen LogP contribution is -2.50. The Balaban J connectivity index is 2.11. The van der Waals surface area contributed by atoms with Gasteiger partial charge in [-0.2, -0.15) is 0 Å². The summed E-state index contributed by atoms with van der Waals surface area (Å²) in [5.74, 6) is 0.994. The molecule has 0 radical (unpaired) electrons. The van der Waals surface area contributed by atoms with Crippen molar-refractivity contribution >= 4 is 39.5 Å². The minimum Gasteiger partial charge on any atom is -0.352 e. The normalized spacial score (nSPS) is 11.9. The Morgan fingerprint density at radius 3 is 2.20 bits per heavy atom. The van der Waals surface area contributed by atoms with Crippen LogP contribution >= 0.6 is 27.7 Å². The minimum absolute atomic E-state index is 0.0107. The summed E-state index contributed by atoms with van der Waals surface area (Å²) in [7, 11) is 0. The summed E-state index contributed by atoms with van der Waals surface area (Å²) in [5.41, 5.74) is 3.37. The molecule has 2 aromatic rings. The van der Waals surface area contributed by atoms with Crippen molar-refractivity contribution in [2.24, 2.45) is 0 Å². The lowest BCUT2D eigenvalue weighted by Gasteiger charge is -2.31. The molecule has 30 heavy (non-hydrogen) atoms. The Kier molecular flexibility index (Phi) is 9.92. The van der Waals surface area contributed by atoms with Gasteiger partial charge in [0.2, 0.25) is 11.8 Å². The first-order valence-corrected chi connectivity index (χ1v) is 12.2. The molecule has 0 fully saturated rings. The monoisotopic (exact) mass is 490 g/mol. The van der Waals surface area contributed by atoms with Gasteiger partial charge in [0.05, 0.1) is 5.75 Å². The van der Waals surface area contributed by atoms with E-state index in [-0.39, 0.29) is 17.9 Å². The predicted molar refractivity (Wildman–Crippen MR) is 129 cm³/mol. The second kappa shape index (κ2) is 12.2. The molecule has 4 nitrogen and oxygen atoms in total. The maximum atomic E-state index is 13.2. The highest BCUT2D eigenvalue weighted by molar-refractivity contribution is 9.10. The van der Waals surface area contributed by atoms with E-state index in [0.29, 0.717) is 18.7 Å². The summed E-state index contributed by atoms with van der Waals surface area (Å²) in [5, 5.41) is 2.97. The SMILES string of the molecule is CC[C@H](C(=O)NC(C)C)N(Cc1ccc(C)cc1)C(=O)CSCc1ccc(Br)cc1. The van der Waals surface area contributed by atoms with E-state index in [2.05, 4.69) is 33.4 Å². The number of carbonyl (C=O) groups is 2. The van der Waals surface area contributed by atoms with Crippen molar-refractivity contribution in [3.63, 3.8) is 0 Å².